The van der Waals surface area contributed by atoms with Gasteiger partial charge in [0.25, 0.3) is 0 Å². The van der Waals surface area contributed by atoms with Crippen molar-refractivity contribution in [3.8, 4) is 12.5 Å². The highest BCUT2D eigenvalue weighted by Gasteiger charge is 2.29. The molecule has 11 heavy (non-hydrogen) atoms. The van der Waals surface area contributed by atoms with Crippen LogP contribution in [0.2, 0.25) is 0 Å². The molecule has 2 heteroatoms. The Hall–Kier alpha value is -0.940. The molecule has 0 radical (unpaired) electrons. The van der Waals surface area contributed by atoms with Gasteiger partial charge in [0.1, 0.15) is 0 Å². The maximum atomic E-state index is 5.02. The fourth-order valence-electron chi connectivity index (χ4n) is 1.51. The average Bonchev–Trinajstić information content (AvgIpc) is 1.98. The molecule has 0 spiro atoms. The first-order chi connectivity index (χ1) is 5.25. The van der Waals surface area contributed by atoms with Gasteiger partial charge in [-0.05, 0) is 13.0 Å². The van der Waals surface area contributed by atoms with Crippen molar-refractivity contribution in [3.63, 3.8) is 0 Å². The lowest BCUT2D eigenvalue weighted by molar-refractivity contribution is 0.0892. The first-order valence-corrected chi connectivity index (χ1v) is 3.83. The lowest BCUT2D eigenvalue weighted by Crippen LogP contribution is -2.51. The van der Waals surface area contributed by atoms with Crippen LogP contribution in [0.5, 0.6) is 0 Å². The van der Waals surface area contributed by atoms with Crippen molar-refractivity contribution in [2.45, 2.75) is 13.0 Å². The number of terminal acetylenes is 1. The van der Waals surface area contributed by atoms with Gasteiger partial charge in [-0.2, -0.15) is 0 Å². The molecule has 2 nitrogen and oxygen atoms in total. The summed E-state index contributed by atoms with van der Waals surface area (Å²) in [6.07, 6.45) is 8.95. The minimum atomic E-state index is 0.566. The topological polar surface area (TPSA) is 15.3 Å². The zero-order valence-electron chi connectivity index (χ0n) is 7.04. The van der Waals surface area contributed by atoms with E-state index < -0.39 is 0 Å². The summed E-state index contributed by atoms with van der Waals surface area (Å²) in [4.78, 5) is 2.29. The first-order valence-electron chi connectivity index (χ1n) is 3.83. The lowest BCUT2D eigenvalue weighted by atomic mass is 9.91. The van der Waals surface area contributed by atoms with Gasteiger partial charge in [-0.25, -0.2) is 0 Å². The predicted octanol–water partition coefficient (Wildman–Crippen LogP) is 0.631. The van der Waals surface area contributed by atoms with Crippen molar-refractivity contribution in [2.75, 3.05) is 13.6 Å². The Morgan fingerprint density at radius 3 is 2.91 bits per heavy atom. The van der Waals surface area contributed by atoms with E-state index >= 15 is 0 Å². The molecule has 1 N–H and O–H groups in total. The lowest BCUT2D eigenvalue weighted by Gasteiger charge is -2.42. The van der Waals surface area contributed by atoms with E-state index in [4.69, 9.17) is 6.42 Å². The fraction of sp³-hybridized carbons (Fsp3) is 0.556. The minimum Gasteiger partial charge on any atom is -0.322 e. The Balaban J connectivity index is 2.31. The van der Waals surface area contributed by atoms with Crippen LogP contribution in [0.1, 0.15) is 6.92 Å². The number of nitrogens with zero attached hydrogens (tertiary/aromatic N) is 1. The van der Waals surface area contributed by atoms with Crippen molar-refractivity contribution >= 4 is 0 Å². The summed E-state index contributed by atoms with van der Waals surface area (Å²) in [5.74, 6) is 0.760. The molecule has 1 aliphatic heterocycles. The van der Waals surface area contributed by atoms with Crippen molar-refractivity contribution < 1.29 is 0 Å². The quantitative estimate of drug-likeness (QED) is 0.459. The van der Waals surface area contributed by atoms with Crippen LogP contribution >= 0.6 is 0 Å². The zero-order valence-corrected chi connectivity index (χ0v) is 7.04. The van der Waals surface area contributed by atoms with Gasteiger partial charge < -0.3 is 5.32 Å². The maximum Gasteiger partial charge on any atom is 0.0330 e. The molecule has 1 fully saturated rings. The summed E-state index contributed by atoms with van der Waals surface area (Å²) >= 11 is 0. The molecule has 0 bridgehead atoms. The monoisotopic (exact) mass is 150 g/mol. The summed E-state index contributed by atoms with van der Waals surface area (Å²) in [6, 6.07) is 2.91. The molecular formula is C9H14N2. The van der Waals surface area contributed by atoms with E-state index in [1.54, 1.807) is 0 Å². The zero-order chi connectivity index (χ0) is 8.27. The van der Waals surface area contributed by atoms with Gasteiger partial charge in [0, 0.05) is 24.8 Å². The Kier molecular flexibility index (Phi) is 2.56. The summed E-state index contributed by atoms with van der Waals surface area (Å²) in [5, 5.41) is 2.71. The number of hydrogen-bond donors (Lipinski definition) is 1. The molecule has 0 amide bonds. The number of likely N-dealkylation sites (N-methyl/N-ethyl adjacent to an activating group) is 1. The fourth-order valence-corrected chi connectivity index (χ4v) is 1.51. The summed E-state index contributed by atoms with van der Waals surface area (Å²) < 4.78 is 0. The SMILES string of the molecule is C#CN/C=C/[C@@H]1[C@H](C)CN1C. The van der Waals surface area contributed by atoms with Gasteiger partial charge >= 0.3 is 0 Å². The first kappa shape index (κ1) is 8.16. The molecule has 0 unspecified atom stereocenters. The van der Waals surface area contributed by atoms with Crippen LogP contribution in [0.3, 0.4) is 0 Å². The van der Waals surface area contributed by atoms with Gasteiger partial charge in [-0.15, -0.1) is 0 Å². The number of likely N-dealkylation sites (tertiary alicyclic amines) is 1. The highest BCUT2D eigenvalue weighted by atomic mass is 15.2. The molecule has 1 heterocycles. The molecule has 0 saturated carbocycles. The Morgan fingerprint density at radius 2 is 2.45 bits per heavy atom. The van der Waals surface area contributed by atoms with Gasteiger partial charge in [0.05, 0.1) is 0 Å². The van der Waals surface area contributed by atoms with E-state index in [0.29, 0.717) is 6.04 Å². The number of rotatable bonds is 2. The van der Waals surface area contributed by atoms with E-state index in [1.807, 2.05) is 6.20 Å². The molecule has 0 aromatic rings. The smallest absolute Gasteiger partial charge is 0.0330 e. The Morgan fingerprint density at radius 1 is 1.73 bits per heavy atom. The Labute approximate surface area is 68.3 Å². The van der Waals surface area contributed by atoms with Crippen molar-refractivity contribution in [2.24, 2.45) is 5.92 Å². The van der Waals surface area contributed by atoms with Gasteiger partial charge in [-0.1, -0.05) is 19.4 Å². The van der Waals surface area contributed by atoms with E-state index in [9.17, 15) is 0 Å². The van der Waals surface area contributed by atoms with Crippen LogP contribution in [0.25, 0.3) is 0 Å². The number of nitrogens with one attached hydrogen (secondary N) is 1. The predicted molar refractivity (Wildman–Crippen MR) is 46.7 cm³/mol. The molecule has 0 aliphatic carbocycles. The molecule has 1 aliphatic rings. The summed E-state index contributed by atoms with van der Waals surface area (Å²) in [6.45, 7) is 3.43. The molecular weight excluding hydrogens is 136 g/mol. The van der Waals surface area contributed by atoms with Crippen LogP contribution in [0.15, 0.2) is 12.3 Å². The average molecular weight is 150 g/mol. The van der Waals surface area contributed by atoms with Gasteiger partial charge in [0.2, 0.25) is 0 Å². The molecule has 1 saturated heterocycles. The summed E-state index contributed by atoms with van der Waals surface area (Å²) in [5.41, 5.74) is 0. The molecule has 2 atom stereocenters. The van der Waals surface area contributed by atoms with E-state index in [-0.39, 0.29) is 0 Å². The molecule has 60 valence electrons. The highest BCUT2D eigenvalue weighted by Crippen LogP contribution is 2.22. The summed E-state index contributed by atoms with van der Waals surface area (Å²) in [7, 11) is 2.12. The van der Waals surface area contributed by atoms with E-state index in [1.165, 1.54) is 6.54 Å². The van der Waals surface area contributed by atoms with E-state index in [2.05, 4.69) is 36.3 Å². The van der Waals surface area contributed by atoms with Crippen LogP contribution < -0.4 is 5.32 Å². The van der Waals surface area contributed by atoms with E-state index in [0.717, 1.165) is 5.92 Å². The van der Waals surface area contributed by atoms with Crippen LogP contribution in [-0.4, -0.2) is 24.5 Å². The number of hydrogen-bond acceptors (Lipinski definition) is 2. The second-order valence-corrected chi connectivity index (χ2v) is 3.06. The standard InChI is InChI=1S/C9H14N2/c1-4-10-6-5-9-8(2)7-11(9)3/h1,5-6,8-10H,7H2,2-3H3/b6-5+/t8-,9-/m1/s1. The normalized spacial score (nSPS) is 31.4. The van der Waals surface area contributed by atoms with Gasteiger partial charge in [0.15, 0.2) is 0 Å². The second kappa shape index (κ2) is 3.45. The van der Waals surface area contributed by atoms with Crippen molar-refractivity contribution in [3.05, 3.63) is 12.3 Å². The van der Waals surface area contributed by atoms with Crippen LogP contribution in [0.4, 0.5) is 0 Å². The maximum absolute atomic E-state index is 5.02. The van der Waals surface area contributed by atoms with Gasteiger partial charge in [-0.3, -0.25) is 4.90 Å². The van der Waals surface area contributed by atoms with Crippen LogP contribution in [0, 0.1) is 18.4 Å². The molecule has 1 rings (SSSR count). The van der Waals surface area contributed by atoms with Crippen molar-refractivity contribution in [1.29, 1.82) is 0 Å². The second-order valence-electron chi connectivity index (χ2n) is 3.06. The van der Waals surface area contributed by atoms with Crippen molar-refractivity contribution in [1.82, 2.24) is 10.2 Å². The molecule has 0 aromatic heterocycles. The largest absolute Gasteiger partial charge is 0.322 e. The molecule has 0 aromatic carbocycles. The third-order valence-electron chi connectivity index (χ3n) is 2.13. The minimum absolute atomic E-state index is 0.566. The third kappa shape index (κ3) is 1.75. The highest BCUT2D eigenvalue weighted by molar-refractivity contribution is 5.04. The van der Waals surface area contributed by atoms with Crippen LogP contribution in [-0.2, 0) is 0 Å². The third-order valence-corrected chi connectivity index (χ3v) is 2.13. The Bertz CT molecular complexity index is 182.